The van der Waals surface area contributed by atoms with E-state index in [0.717, 1.165) is 49.2 Å². The molecule has 0 saturated carbocycles. The van der Waals surface area contributed by atoms with Gasteiger partial charge in [-0.3, -0.25) is 9.59 Å². The third-order valence-corrected chi connectivity index (χ3v) is 5.78. The number of likely N-dealkylation sites (tertiary alicyclic amines) is 1. The molecule has 0 bridgehead atoms. The number of hydrogen-bond acceptors (Lipinski definition) is 3. The molecule has 6 nitrogen and oxygen atoms in total. The molecular weight excluding hydrogens is 352 g/mol. The van der Waals surface area contributed by atoms with E-state index in [2.05, 4.69) is 0 Å². The number of aromatic nitrogens is 2. The highest BCUT2D eigenvalue weighted by atomic mass is 16.2. The summed E-state index contributed by atoms with van der Waals surface area (Å²) in [4.78, 5) is 29.2. The Hall–Kier alpha value is -2.63. The van der Waals surface area contributed by atoms with Crippen LogP contribution in [-0.4, -0.2) is 51.0 Å². The minimum atomic E-state index is -0.0692. The molecule has 1 fully saturated rings. The van der Waals surface area contributed by atoms with Crippen LogP contribution in [0.5, 0.6) is 0 Å². The molecule has 1 aromatic heterocycles. The Kier molecular flexibility index (Phi) is 5.46. The molecule has 1 unspecified atom stereocenters. The van der Waals surface area contributed by atoms with Gasteiger partial charge in [-0.15, -0.1) is 0 Å². The minimum absolute atomic E-state index is 0.0692. The monoisotopic (exact) mass is 380 g/mol. The lowest BCUT2D eigenvalue weighted by atomic mass is 9.95. The van der Waals surface area contributed by atoms with Crippen LogP contribution in [0.4, 0.5) is 0 Å². The molecule has 1 aromatic carbocycles. The maximum absolute atomic E-state index is 13.1. The van der Waals surface area contributed by atoms with Crippen LogP contribution in [0.15, 0.2) is 36.5 Å². The van der Waals surface area contributed by atoms with Crippen LogP contribution in [0.2, 0.25) is 0 Å². The quantitative estimate of drug-likeness (QED) is 0.820. The van der Waals surface area contributed by atoms with Crippen LogP contribution in [-0.2, 0) is 22.6 Å². The van der Waals surface area contributed by atoms with E-state index >= 15 is 0 Å². The molecule has 0 N–H and O–H groups in total. The van der Waals surface area contributed by atoms with Crippen molar-refractivity contribution in [2.24, 2.45) is 5.92 Å². The van der Waals surface area contributed by atoms with Crippen LogP contribution >= 0.6 is 0 Å². The van der Waals surface area contributed by atoms with Crippen molar-refractivity contribution in [2.75, 3.05) is 19.6 Å². The van der Waals surface area contributed by atoms with Gasteiger partial charge in [-0.1, -0.05) is 25.1 Å². The number of hydrogen-bond donors (Lipinski definition) is 0. The zero-order valence-corrected chi connectivity index (χ0v) is 16.5. The molecule has 2 aliphatic heterocycles. The zero-order valence-electron chi connectivity index (χ0n) is 16.5. The smallest absolute Gasteiger partial charge is 0.227 e. The maximum Gasteiger partial charge on any atom is 0.227 e. The van der Waals surface area contributed by atoms with Gasteiger partial charge in [0, 0.05) is 50.8 Å². The molecular formula is C22H28N4O2. The summed E-state index contributed by atoms with van der Waals surface area (Å²) in [5.41, 5.74) is 3.24. The van der Waals surface area contributed by atoms with Gasteiger partial charge in [-0.05, 0) is 31.4 Å². The van der Waals surface area contributed by atoms with Crippen LogP contribution < -0.4 is 0 Å². The summed E-state index contributed by atoms with van der Waals surface area (Å²) < 4.78 is 1.91. The molecule has 2 aromatic rings. The summed E-state index contributed by atoms with van der Waals surface area (Å²) in [5, 5.41) is 4.71. The van der Waals surface area contributed by atoms with E-state index in [-0.39, 0.29) is 17.7 Å². The average Bonchev–Trinajstić information content (AvgIpc) is 3.17. The fraction of sp³-hybridized carbons (Fsp3) is 0.500. The number of carbonyl (C=O) groups excluding carboxylic acids is 2. The predicted molar refractivity (Wildman–Crippen MR) is 107 cm³/mol. The summed E-state index contributed by atoms with van der Waals surface area (Å²) in [5.74, 6) is 0.303. The zero-order chi connectivity index (χ0) is 19.5. The standard InChI is InChI=1S/C22H28N4O2/c1-2-7-21(27)24-12-6-8-17(14-24)22(28)25-13-11-20-18(15-25)16-26(23-20)19-9-4-3-5-10-19/h3-5,9-10,16-17H,2,6-8,11-15H2,1H3. The van der Waals surface area contributed by atoms with Gasteiger partial charge in [-0.2, -0.15) is 5.10 Å². The topological polar surface area (TPSA) is 58.4 Å². The first-order chi connectivity index (χ1) is 13.7. The Labute approximate surface area is 166 Å². The molecule has 0 spiro atoms. The predicted octanol–water partition coefficient (Wildman–Crippen LogP) is 2.80. The van der Waals surface area contributed by atoms with Gasteiger partial charge >= 0.3 is 0 Å². The van der Waals surface area contributed by atoms with Gasteiger partial charge in [0.1, 0.15) is 0 Å². The van der Waals surface area contributed by atoms with E-state index in [4.69, 9.17) is 5.10 Å². The second-order valence-corrected chi connectivity index (χ2v) is 7.82. The van der Waals surface area contributed by atoms with Crippen molar-refractivity contribution < 1.29 is 9.59 Å². The lowest BCUT2D eigenvalue weighted by molar-refractivity contribution is -0.141. The second kappa shape index (κ2) is 8.17. The van der Waals surface area contributed by atoms with Crippen LogP contribution in [0.25, 0.3) is 5.69 Å². The van der Waals surface area contributed by atoms with Crippen LogP contribution in [0.1, 0.15) is 43.9 Å². The van der Waals surface area contributed by atoms with Gasteiger partial charge in [0.05, 0.1) is 17.3 Å². The Bertz CT molecular complexity index is 845. The molecule has 0 aliphatic carbocycles. The van der Waals surface area contributed by atoms with Gasteiger partial charge in [0.25, 0.3) is 0 Å². The van der Waals surface area contributed by atoms with Crippen molar-refractivity contribution in [2.45, 2.75) is 45.6 Å². The molecule has 2 amide bonds. The molecule has 1 saturated heterocycles. The Morgan fingerprint density at radius 2 is 1.96 bits per heavy atom. The Morgan fingerprint density at radius 3 is 2.75 bits per heavy atom. The highest BCUT2D eigenvalue weighted by molar-refractivity contribution is 5.81. The summed E-state index contributed by atoms with van der Waals surface area (Å²) in [6.45, 7) is 4.70. The molecule has 28 heavy (non-hydrogen) atoms. The van der Waals surface area contributed by atoms with Gasteiger partial charge in [0.2, 0.25) is 11.8 Å². The van der Waals surface area contributed by atoms with Crippen molar-refractivity contribution in [1.29, 1.82) is 0 Å². The van der Waals surface area contributed by atoms with Gasteiger partial charge in [-0.25, -0.2) is 4.68 Å². The maximum atomic E-state index is 13.1. The van der Waals surface area contributed by atoms with Gasteiger partial charge in [0.15, 0.2) is 0 Å². The second-order valence-electron chi connectivity index (χ2n) is 7.82. The van der Waals surface area contributed by atoms with Crippen LogP contribution in [0, 0.1) is 5.92 Å². The summed E-state index contributed by atoms with van der Waals surface area (Å²) in [6, 6.07) is 10.1. The number of benzene rings is 1. The fourth-order valence-corrected chi connectivity index (χ4v) is 4.25. The molecule has 2 aliphatic rings. The fourth-order valence-electron chi connectivity index (χ4n) is 4.25. The Morgan fingerprint density at radius 1 is 1.14 bits per heavy atom. The average molecular weight is 380 g/mol. The largest absolute Gasteiger partial charge is 0.342 e. The van der Waals surface area contributed by atoms with Crippen molar-refractivity contribution in [3.8, 4) is 5.69 Å². The number of carbonyl (C=O) groups is 2. The molecule has 0 radical (unpaired) electrons. The van der Waals surface area contributed by atoms with E-state index in [1.165, 1.54) is 0 Å². The molecule has 1 atom stereocenters. The first-order valence-corrected chi connectivity index (χ1v) is 10.3. The number of amides is 2. The van der Waals surface area contributed by atoms with Crippen LogP contribution in [0.3, 0.4) is 0 Å². The lowest BCUT2D eigenvalue weighted by Crippen LogP contribution is -2.47. The number of fused-ring (bicyclic) bond motifs is 1. The summed E-state index contributed by atoms with van der Waals surface area (Å²) in [6.07, 6.45) is 6.05. The van der Waals surface area contributed by atoms with E-state index < -0.39 is 0 Å². The molecule has 4 rings (SSSR count). The van der Waals surface area contributed by atoms with Crippen molar-refractivity contribution in [1.82, 2.24) is 19.6 Å². The van der Waals surface area contributed by atoms with E-state index in [9.17, 15) is 9.59 Å². The number of rotatable bonds is 4. The van der Waals surface area contributed by atoms with Gasteiger partial charge < -0.3 is 9.80 Å². The van der Waals surface area contributed by atoms with E-state index in [1.807, 2.05) is 57.9 Å². The Balaban J connectivity index is 1.43. The third kappa shape index (κ3) is 3.81. The molecule has 3 heterocycles. The van der Waals surface area contributed by atoms with Crippen molar-refractivity contribution >= 4 is 11.8 Å². The summed E-state index contributed by atoms with van der Waals surface area (Å²) in [7, 11) is 0. The molecule has 148 valence electrons. The molecule has 6 heteroatoms. The lowest BCUT2D eigenvalue weighted by Gasteiger charge is -2.36. The van der Waals surface area contributed by atoms with E-state index in [1.54, 1.807) is 0 Å². The number of nitrogens with zero attached hydrogens (tertiary/aromatic N) is 4. The highest BCUT2D eigenvalue weighted by Crippen LogP contribution is 2.25. The third-order valence-electron chi connectivity index (χ3n) is 5.78. The normalized spacial score (nSPS) is 19.4. The summed E-state index contributed by atoms with van der Waals surface area (Å²) >= 11 is 0. The van der Waals surface area contributed by atoms with Crippen molar-refractivity contribution in [3.05, 3.63) is 47.8 Å². The number of piperidine rings is 1. The first-order valence-electron chi connectivity index (χ1n) is 10.3. The SMILES string of the molecule is CCCC(=O)N1CCCC(C(=O)N2CCc3nn(-c4ccccc4)cc3C2)C1. The number of para-hydroxylation sites is 1. The minimum Gasteiger partial charge on any atom is -0.342 e. The van der Waals surface area contributed by atoms with Crippen molar-refractivity contribution in [3.63, 3.8) is 0 Å². The van der Waals surface area contributed by atoms with E-state index in [0.29, 0.717) is 26.1 Å². The first kappa shape index (κ1) is 18.7. The highest BCUT2D eigenvalue weighted by Gasteiger charge is 2.33.